The van der Waals surface area contributed by atoms with Gasteiger partial charge < -0.3 is 10.5 Å². The lowest BCUT2D eigenvalue weighted by atomic mass is 10.2. The van der Waals surface area contributed by atoms with Crippen molar-refractivity contribution < 1.29 is 4.74 Å². The van der Waals surface area contributed by atoms with Crippen LogP contribution < -0.4 is 10.5 Å². The van der Waals surface area contributed by atoms with Crippen molar-refractivity contribution in [1.82, 2.24) is 4.98 Å². The fourth-order valence-corrected chi connectivity index (χ4v) is 2.03. The van der Waals surface area contributed by atoms with Crippen molar-refractivity contribution in [3.8, 4) is 11.5 Å². The highest BCUT2D eigenvalue weighted by Crippen LogP contribution is 2.29. The van der Waals surface area contributed by atoms with Crippen LogP contribution in [0.4, 0.5) is 0 Å². The number of rotatable bonds is 3. The van der Waals surface area contributed by atoms with Gasteiger partial charge in [0.15, 0.2) is 0 Å². The Hall–Kier alpha value is -2.39. The Morgan fingerprint density at radius 1 is 1.00 bits per heavy atom. The van der Waals surface area contributed by atoms with Crippen molar-refractivity contribution in [3.05, 3.63) is 66.4 Å². The first kappa shape index (κ1) is 11.7. The van der Waals surface area contributed by atoms with Gasteiger partial charge in [-0.25, -0.2) is 0 Å². The number of hydrogen-bond donors (Lipinski definition) is 1. The summed E-state index contributed by atoms with van der Waals surface area (Å²) in [5.74, 6) is 1.60. The summed E-state index contributed by atoms with van der Waals surface area (Å²) in [6.45, 7) is 0.508. The molecule has 0 radical (unpaired) electrons. The van der Waals surface area contributed by atoms with Gasteiger partial charge in [0.05, 0.1) is 5.52 Å². The molecule has 0 saturated carbocycles. The van der Waals surface area contributed by atoms with E-state index in [0.29, 0.717) is 6.54 Å². The number of nitrogens with two attached hydrogens (primary N) is 1. The van der Waals surface area contributed by atoms with Gasteiger partial charge in [-0.15, -0.1) is 0 Å². The van der Waals surface area contributed by atoms with Crippen LogP contribution in [-0.4, -0.2) is 4.98 Å². The van der Waals surface area contributed by atoms with Crippen LogP contribution in [0.5, 0.6) is 11.5 Å². The van der Waals surface area contributed by atoms with E-state index in [1.54, 1.807) is 6.20 Å². The minimum Gasteiger partial charge on any atom is -0.457 e. The monoisotopic (exact) mass is 250 g/mol. The lowest BCUT2D eigenvalue weighted by Crippen LogP contribution is -1.96. The second kappa shape index (κ2) is 5.08. The van der Waals surface area contributed by atoms with Gasteiger partial charge in [0.25, 0.3) is 0 Å². The van der Waals surface area contributed by atoms with Crippen molar-refractivity contribution in [2.45, 2.75) is 6.54 Å². The molecule has 0 aliphatic carbocycles. The molecule has 1 aromatic heterocycles. The highest BCUT2D eigenvalue weighted by Gasteiger charge is 2.03. The van der Waals surface area contributed by atoms with E-state index in [4.69, 9.17) is 10.5 Å². The number of ether oxygens (including phenoxy) is 1. The topological polar surface area (TPSA) is 48.1 Å². The Labute approximate surface area is 111 Å². The van der Waals surface area contributed by atoms with E-state index < -0.39 is 0 Å². The smallest absolute Gasteiger partial charge is 0.136 e. The van der Waals surface area contributed by atoms with Crippen LogP contribution in [0.25, 0.3) is 10.9 Å². The van der Waals surface area contributed by atoms with Crippen LogP contribution in [0, 0.1) is 0 Å². The van der Waals surface area contributed by atoms with Crippen LogP contribution in [-0.2, 0) is 6.54 Å². The Bertz CT molecular complexity index is 704. The summed E-state index contributed by atoms with van der Waals surface area (Å²) in [4.78, 5) is 4.32. The van der Waals surface area contributed by atoms with Gasteiger partial charge in [-0.3, -0.25) is 4.98 Å². The van der Waals surface area contributed by atoms with E-state index in [0.717, 1.165) is 28.0 Å². The van der Waals surface area contributed by atoms with E-state index in [1.165, 1.54) is 0 Å². The summed E-state index contributed by atoms with van der Waals surface area (Å²) in [5.41, 5.74) is 7.61. The van der Waals surface area contributed by atoms with E-state index in [1.807, 2.05) is 54.6 Å². The van der Waals surface area contributed by atoms with Crippen LogP contribution in [0.15, 0.2) is 60.8 Å². The Morgan fingerprint density at radius 2 is 1.89 bits per heavy atom. The van der Waals surface area contributed by atoms with Crippen LogP contribution in [0.2, 0.25) is 0 Å². The Balaban J connectivity index is 2.01. The highest BCUT2D eigenvalue weighted by molar-refractivity contribution is 5.85. The normalized spacial score (nSPS) is 10.6. The maximum absolute atomic E-state index is 5.94. The third-order valence-electron chi connectivity index (χ3n) is 2.97. The van der Waals surface area contributed by atoms with Crippen molar-refractivity contribution >= 4 is 10.9 Å². The molecule has 0 aliphatic heterocycles. The summed E-state index contributed by atoms with van der Waals surface area (Å²) in [7, 11) is 0. The number of fused-ring (bicyclic) bond motifs is 1. The van der Waals surface area contributed by atoms with Gasteiger partial charge in [0.2, 0.25) is 0 Å². The molecule has 0 unspecified atom stereocenters. The first-order chi connectivity index (χ1) is 9.36. The number of benzene rings is 2. The van der Waals surface area contributed by atoms with E-state index >= 15 is 0 Å². The number of aromatic nitrogens is 1. The molecular weight excluding hydrogens is 236 g/mol. The summed E-state index contributed by atoms with van der Waals surface area (Å²) in [6, 6.07) is 17.6. The average molecular weight is 250 g/mol. The summed E-state index contributed by atoms with van der Waals surface area (Å²) >= 11 is 0. The molecule has 1 heterocycles. The zero-order valence-electron chi connectivity index (χ0n) is 10.4. The predicted octanol–water partition coefficient (Wildman–Crippen LogP) is 3.49. The summed E-state index contributed by atoms with van der Waals surface area (Å²) in [6.07, 6.45) is 1.78. The Morgan fingerprint density at radius 3 is 2.79 bits per heavy atom. The molecule has 2 aromatic carbocycles. The van der Waals surface area contributed by atoms with Gasteiger partial charge in [-0.05, 0) is 42.0 Å². The van der Waals surface area contributed by atoms with Crippen LogP contribution in [0.3, 0.4) is 0 Å². The average Bonchev–Trinajstić information content (AvgIpc) is 2.48. The molecule has 0 amide bonds. The number of pyridine rings is 1. The fourth-order valence-electron chi connectivity index (χ4n) is 2.03. The molecule has 3 rings (SSSR count). The van der Waals surface area contributed by atoms with E-state index in [9.17, 15) is 0 Å². The summed E-state index contributed by atoms with van der Waals surface area (Å²) in [5, 5.41) is 1.00. The van der Waals surface area contributed by atoms with Crippen molar-refractivity contribution in [3.63, 3.8) is 0 Å². The lowest BCUT2D eigenvalue weighted by Gasteiger charge is -2.09. The molecule has 3 aromatic rings. The highest BCUT2D eigenvalue weighted by atomic mass is 16.5. The maximum atomic E-state index is 5.94. The number of hydrogen-bond acceptors (Lipinski definition) is 3. The zero-order valence-corrected chi connectivity index (χ0v) is 10.4. The third-order valence-corrected chi connectivity index (χ3v) is 2.97. The molecule has 0 saturated heterocycles. The molecule has 0 bridgehead atoms. The second-order valence-electron chi connectivity index (χ2n) is 4.28. The summed E-state index contributed by atoms with van der Waals surface area (Å²) < 4.78 is 5.94. The molecule has 19 heavy (non-hydrogen) atoms. The standard InChI is InChI=1S/C16H14N2O/c17-11-12-4-1-5-13(10-12)19-16-8-2-7-15-14(16)6-3-9-18-15/h1-10H,11,17H2. The molecule has 3 nitrogen and oxygen atoms in total. The van der Waals surface area contributed by atoms with Gasteiger partial charge in [-0.1, -0.05) is 18.2 Å². The molecule has 2 N–H and O–H groups in total. The minimum absolute atomic E-state index is 0.508. The maximum Gasteiger partial charge on any atom is 0.136 e. The van der Waals surface area contributed by atoms with Crippen LogP contribution >= 0.6 is 0 Å². The third kappa shape index (κ3) is 2.41. The molecule has 0 aliphatic rings. The molecule has 0 atom stereocenters. The van der Waals surface area contributed by atoms with Gasteiger partial charge in [0, 0.05) is 18.1 Å². The Kier molecular flexibility index (Phi) is 3.12. The SMILES string of the molecule is NCc1cccc(Oc2cccc3ncccc23)c1. The van der Waals surface area contributed by atoms with Crippen LogP contribution in [0.1, 0.15) is 5.56 Å². The van der Waals surface area contributed by atoms with Gasteiger partial charge in [-0.2, -0.15) is 0 Å². The van der Waals surface area contributed by atoms with E-state index in [-0.39, 0.29) is 0 Å². The molecule has 0 fully saturated rings. The lowest BCUT2D eigenvalue weighted by molar-refractivity contribution is 0.487. The molecule has 0 spiro atoms. The van der Waals surface area contributed by atoms with Crippen molar-refractivity contribution in [2.75, 3.05) is 0 Å². The van der Waals surface area contributed by atoms with Gasteiger partial charge in [0.1, 0.15) is 11.5 Å². The quantitative estimate of drug-likeness (QED) is 0.774. The molecule has 94 valence electrons. The first-order valence-corrected chi connectivity index (χ1v) is 6.17. The minimum atomic E-state index is 0.508. The van der Waals surface area contributed by atoms with Gasteiger partial charge >= 0.3 is 0 Å². The largest absolute Gasteiger partial charge is 0.457 e. The second-order valence-corrected chi connectivity index (χ2v) is 4.28. The first-order valence-electron chi connectivity index (χ1n) is 6.17. The predicted molar refractivity (Wildman–Crippen MR) is 76.2 cm³/mol. The zero-order chi connectivity index (χ0) is 13.1. The van der Waals surface area contributed by atoms with E-state index in [2.05, 4.69) is 4.98 Å². The fraction of sp³-hybridized carbons (Fsp3) is 0.0625. The van der Waals surface area contributed by atoms with Crippen molar-refractivity contribution in [1.29, 1.82) is 0 Å². The molecular formula is C16H14N2O. The van der Waals surface area contributed by atoms with Crippen molar-refractivity contribution in [2.24, 2.45) is 5.73 Å². The molecule has 3 heteroatoms. The number of nitrogens with zero attached hydrogens (tertiary/aromatic N) is 1.